The Labute approximate surface area is 151 Å². The molecule has 2 aromatic rings. The fraction of sp³-hybridized carbons (Fsp3) is 0.579. The molecular formula is C19H22FN5O. The van der Waals surface area contributed by atoms with Gasteiger partial charge >= 0.3 is 0 Å². The molecule has 136 valence electrons. The molecule has 1 amide bonds. The first kappa shape index (κ1) is 15.9. The molecule has 1 N–H and O–H groups in total. The van der Waals surface area contributed by atoms with E-state index in [0.29, 0.717) is 19.0 Å². The maximum atomic E-state index is 14.0. The topological polar surface area (TPSA) is 74.8 Å². The Morgan fingerprint density at radius 2 is 2.12 bits per heavy atom. The summed E-state index contributed by atoms with van der Waals surface area (Å²) in [7, 11) is 0. The Morgan fingerprint density at radius 3 is 2.85 bits per heavy atom. The minimum absolute atomic E-state index is 0.0290. The maximum absolute atomic E-state index is 14.0. The lowest BCUT2D eigenvalue weighted by atomic mass is 9.76. The van der Waals surface area contributed by atoms with Gasteiger partial charge in [0.2, 0.25) is 0 Å². The maximum Gasteiger partial charge on any atom is 0.275 e. The molecule has 2 aromatic heterocycles. The smallest absolute Gasteiger partial charge is 0.275 e. The molecule has 1 saturated heterocycles. The van der Waals surface area contributed by atoms with E-state index in [1.165, 1.54) is 31.2 Å². The highest BCUT2D eigenvalue weighted by Gasteiger charge is 2.51. The molecular weight excluding hydrogens is 333 g/mol. The first-order chi connectivity index (χ1) is 12.7. The summed E-state index contributed by atoms with van der Waals surface area (Å²) in [5.74, 6) is 1.57. The molecule has 0 bridgehead atoms. The fourth-order valence-corrected chi connectivity index (χ4v) is 4.75. The Kier molecular flexibility index (Phi) is 3.58. The number of carbonyl (C=O) groups excluding carboxylic acids is 1. The summed E-state index contributed by atoms with van der Waals surface area (Å²) < 4.78 is 14.0. The highest BCUT2D eigenvalue weighted by atomic mass is 19.1. The van der Waals surface area contributed by atoms with Crippen LogP contribution in [-0.2, 0) is 0 Å². The van der Waals surface area contributed by atoms with Gasteiger partial charge in [0.15, 0.2) is 17.3 Å². The number of H-pyrrole nitrogens is 1. The molecule has 2 aliphatic carbocycles. The highest BCUT2D eigenvalue weighted by molar-refractivity contribution is 5.92. The first-order valence-electron chi connectivity index (χ1n) is 9.48. The van der Waals surface area contributed by atoms with Crippen LogP contribution in [0.25, 0.3) is 0 Å². The standard InChI is InChI=1S/C19H22FN5O/c20-14-4-3-9-21-15(14)18(26)25-10-13(19(11-25)7-1-2-8-19)17-22-16(23-24-17)12-5-6-12/h3-4,9,12-13H,1-2,5-8,10-11H2,(H,22,23,24). The predicted octanol–water partition coefficient (Wildman–Crippen LogP) is 3.02. The van der Waals surface area contributed by atoms with Crippen molar-refractivity contribution in [3.63, 3.8) is 0 Å². The molecule has 5 rings (SSSR count). The average Bonchev–Trinajstić information content (AvgIpc) is 3.08. The van der Waals surface area contributed by atoms with Gasteiger partial charge in [0.25, 0.3) is 5.91 Å². The van der Waals surface area contributed by atoms with E-state index in [2.05, 4.69) is 15.2 Å². The minimum Gasteiger partial charge on any atom is -0.336 e. The second kappa shape index (κ2) is 5.86. The second-order valence-corrected chi connectivity index (χ2v) is 7.99. The molecule has 3 fully saturated rings. The van der Waals surface area contributed by atoms with Crippen LogP contribution in [0.15, 0.2) is 18.3 Å². The van der Waals surface area contributed by atoms with E-state index in [0.717, 1.165) is 37.3 Å². The third kappa shape index (κ3) is 2.52. The lowest BCUT2D eigenvalue weighted by Crippen LogP contribution is -2.32. The molecule has 3 aliphatic rings. The van der Waals surface area contributed by atoms with Gasteiger partial charge in [0.05, 0.1) is 0 Å². The number of nitrogens with one attached hydrogen (secondary N) is 1. The molecule has 0 radical (unpaired) electrons. The van der Waals surface area contributed by atoms with Gasteiger partial charge in [-0.2, -0.15) is 5.10 Å². The van der Waals surface area contributed by atoms with Crippen molar-refractivity contribution in [1.82, 2.24) is 25.1 Å². The summed E-state index contributed by atoms with van der Waals surface area (Å²) >= 11 is 0. The zero-order valence-corrected chi connectivity index (χ0v) is 14.6. The zero-order chi connectivity index (χ0) is 17.7. The van der Waals surface area contributed by atoms with E-state index in [1.807, 2.05) is 0 Å². The molecule has 26 heavy (non-hydrogen) atoms. The number of amides is 1. The summed E-state index contributed by atoms with van der Waals surface area (Å²) in [4.78, 5) is 23.4. The van der Waals surface area contributed by atoms with Crippen molar-refractivity contribution in [2.24, 2.45) is 5.41 Å². The van der Waals surface area contributed by atoms with Gasteiger partial charge in [-0.05, 0) is 43.2 Å². The average molecular weight is 355 g/mol. The minimum atomic E-state index is -0.558. The highest BCUT2D eigenvalue weighted by Crippen LogP contribution is 2.53. The van der Waals surface area contributed by atoms with E-state index >= 15 is 0 Å². The molecule has 1 aliphatic heterocycles. The molecule has 6 nitrogen and oxygen atoms in total. The van der Waals surface area contributed by atoms with Gasteiger partial charge in [-0.3, -0.25) is 9.89 Å². The van der Waals surface area contributed by atoms with Crippen LogP contribution in [0.3, 0.4) is 0 Å². The number of nitrogens with zero attached hydrogens (tertiary/aromatic N) is 4. The van der Waals surface area contributed by atoms with E-state index in [9.17, 15) is 9.18 Å². The quantitative estimate of drug-likeness (QED) is 0.918. The molecule has 0 aromatic carbocycles. The van der Waals surface area contributed by atoms with Gasteiger partial charge in [-0.15, -0.1) is 0 Å². The number of likely N-dealkylation sites (tertiary alicyclic amines) is 1. The van der Waals surface area contributed by atoms with Crippen LogP contribution in [0.2, 0.25) is 0 Å². The normalized spacial score (nSPS) is 24.5. The lowest BCUT2D eigenvalue weighted by Gasteiger charge is -2.28. The second-order valence-electron chi connectivity index (χ2n) is 7.99. The Bertz CT molecular complexity index is 840. The molecule has 1 atom stereocenters. The number of hydrogen-bond donors (Lipinski definition) is 1. The third-order valence-electron chi connectivity index (χ3n) is 6.29. The van der Waals surface area contributed by atoms with E-state index in [-0.39, 0.29) is 22.9 Å². The van der Waals surface area contributed by atoms with Crippen molar-refractivity contribution in [2.75, 3.05) is 13.1 Å². The number of hydrogen-bond acceptors (Lipinski definition) is 4. The Balaban J connectivity index is 1.45. The molecule has 1 spiro atoms. The van der Waals surface area contributed by atoms with Crippen LogP contribution in [0, 0.1) is 11.2 Å². The molecule has 2 saturated carbocycles. The number of rotatable bonds is 3. The number of pyridine rings is 1. The fourth-order valence-electron chi connectivity index (χ4n) is 4.75. The third-order valence-corrected chi connectivity index (χ3v) is 6.29. The zero-order valence-electron chi connectivity index (χ0n) is 14.6. The van der Waals surface area contributed by atoms with Crippen molar-refractivity contribution < 1.29 is 9.18 Å². The summed E-state index contributed by atoms with van der Waals surface area (Å²) in [6.07, 6.45) is 8.28. The molecule has 3 heterocycles. The van der Waals surface area contributed by atoms with Crippen LogP contribution < -0.4 is 0 Å². The van der Waals surface area contributed by atoms with Crippen LogP contribution in [0.1, 0.15) is 72.5 Å². The van der Waals surface area contributed by atoms with Gasteiger partial charge in [0.1, 0.15) is 5.82 Å². The van der Waals surface area contributed by atoms with Crippen LogP contribution in [0.4, 0.5) is 4.39 Å². The number of carbonyl (C=O) groups is 1. The van der Waals surface area contributed by atoms with Crippen molar-refractivity contribution in [3.8, 4) is 0 Å². The van der Waals surface area contributed by atoms with E-state index in [4.69, 9.17) is 4.98 Å². The monoisotopic (exact) mass is 355 g/mol. The Hall–Kier alpha value is -2.31. The Morgan fingerprint density at radius 1 is 1.31 bits per heavy atom. The summed E-state index contributed by atoms with van der Waals surface area (Å²) in [5, 5.41) is 7.55. The summed E-state index contributed by atoms with van der Waals surface area (Å²) in [6, 6.07) is 2.79. The SMILES string of the molecule is O=C(c1ncccc1F)N1CC(c2nc(C3CC3)n[nH]2)C2(CCCC2)C1. The van der Waals surface area contributed by atoms with Gasteiger partial charge < -0.3 is 4.90 Å². The summed E-state index contributed by atoms with van der Waals surface area (Å²) in [6.45, 7) is 1.19. The van der Waals surface area contributed by atoms with E-state index in [1.54, 1.807) is 4.90 Å². The van der Waals surface area contributed by atoms with Crippen LogP contribution in [0.5, 0.6) is 0 Å². The predicted molar refractivity (Wildman–Crippen MR) is 92.1 cm³/mol. The van der Waals surface area contributed by atoms with E-state index < -0.39 is 5.82 Å². The van der Waals surface area contributed by atoms with Crippen molar-refractivity contribution >= 4 is 5.91 Å². The first-order valence-corrected chi connectivity index (χ1v) is 9.48. The number of aromatic nitrogens is 4. The van der Waals surface area contributed by atoms with Crippen LogP contribution >= 0.6 is 0 Å². The van der Waals surface area contributed by atoms with Crippen molar-refractivity contribution in [1.29, 1.82) is 0 Å². The van der Waals surface area contributed by atoms with Gasteiger partial charge in [-0.1, -0.05) is 12.8 Å². The molecule has 7 heteroatoms. The molecule has 1 unspecified atom stereocenters. The lowest BCUT2D eigenvalue weighted by molar-refractivity contribution is 0.0762. The van der Waals surface area contributed by atoms with Gasteiger partial charge in [0, 0.05) is 31.1 Å². The summed E-state index contributed by atoms with van der Waals surface area (Å²) in [5.41, 5.74) is -0.0566. The van der Waals surface area contributed by atoms with Crippen molar-refractivity contribution in [2.45, 2.75) is 50.4 Å². The largest absolute Gasteiger partial charge is 0.336 e. The van der Waals surface area contributed by atoms with Gasteiger partial charge in [-0.25, -0.2) is 14.4 Å². The van der Waals surface area contributed by atoms with Crippen LogP contribution in [-0.4, -0.2) is 44.1 Å². The van der Waals surface area contributed by atoms with Crippen molar-refractivity contribution in [3.05, 3.63) is 41.5 Å². The number of halogens is 1. The number of aromatic amines is 1.